The summed E-state index contributed by atoms with van der Waals surface area (Å²) < 4.78 is 265. The first kappa shape index (κ1) is 55.1. The number of nitrogens with one attached hydrogen (secondary N) is 2. The summed E-state index contributed by atoms with van der Waals surface area (Å²) in [7, 11) is 9.99. The van der Waals surface area contributed by atoms with Crippen molar-refractivity contribution in [2.45, 2.75) is 11.8 Å². The molecule has 0 spiro atoms. The van der Waals surface area contributed by atoms with Gasteiger partial charge in [0.25, 0.3) is 0 Å². The minimum atomic E-state index is -2.08. The Labute approximate surface area is 443 Å². The highest BCUT2D eigenvalue weighted by molar-refractivity contribution is 5.98. The Morgan fingerprint density at radius 2 is 0.562 bits per heavy atom. The first-order valence-corrected chi connectivity index (χ1v) is 23.9. The molecule has 80 heavy (non-hydrogen) atoms. The van der Waals surface area contributed by atoms with Gasteiger partial charge in [-0.3, -0.25) is 4.98 Å². The van der Waals surface area contributed by atoms with E-state index in [2.05, 4.69) is 19.9 Å². The SMILES string of the molecule is CN1CC2c3nc(c(-c4c(F)c(F)c(N(C)C)c(F)c4F)c4ccc([nH]4)c(-c4c(F)c(F)c(N(C)C)c(F)c4F)c4nc(c(-c5c(F)c(F)c(N(C)C)c(F)c5F)c5ccc([nH]5)c3-c3c(F)c(F)c(N(C)C)c(F)c3F)C=C4)C2C1. The van der Waals surface area contributed by atoms with Crippen molar-refractivity contribution >= 4 is 57.0 Å². The van der Waals surface area contributed by atoms with E-state index in [1.807, 2.05) is 0 Å². The number of anilines is 4. The largest absolute Gasteiger partial charge is 0.373 e. The van der Waals surface area contributed by atoms with E-state index >= 15 is 70.2 Å². The van der Waals surface area contributed by atoms with E-state index in [9.17, 15) is 0 Å². The minimum absolute atomic E-state index is 0.203. The summed E-state index contributed by atoms with van der Waals surface area (Å²) in [5.41, 5.74) is -19.6. The number of aromatic nitrogens is 4. The molecule has 2 atom stereocenters. The highest BCUT2D eigenvalue weighted by Gasteiger charge is 2.45. The molecule has 0 amide bonds. The van der Waals surface area contributed by atoms with Crippen molar-refractivity contribution in [1.82, 2.24) is 24.8 Å². The Morgan fingerprint density at radius 1 is 0.338 bits per heavy atom. The Hall–Kier alpha value is -8.22. The fourth-order valence-corrected chi connectivity index (χ4v) is 10.9. The zero-order valence-electron chi connectivity index (χ0n) is 43.2. The van der Waals surface area contributed by atoms with Gasteiger partial charge < -0.3 is 34.5 Å². The van der Waals surface area contributed by atoms with Gasteiger partial charge in [0.05, 0.1) is 45.0 Å². The molecule has 0 saturated carbocycles. The molecule has 0 radical (unpaired) electrons. The van der Waals surface area contributed by atoms with E-state index in [4.69, 9.17) is 0 Å². The molecule has 418 valence electrons. The van der Waals surface area contributed by atoms with Gasteiger partial charge in [-0.05, 0) is 43.5 Å². The molecule has 6 heterocycles. The molecule has 2 unspecified atom stereocenters. The monoisotopic (exact) mass is 1130 g/mol. The Balaban J connectivity index is 1.53. The lowest BCUT2D eigenvalue weighted by atomic mass is 9.86. The van der Waals surface area contributed by atoms with Gasteiger partial charge in [-0.25, -0.2) is 75.2 Å². The van der Waals surface area contributed by atoms with Crippen LogP contribution in [0, 0.1) is 93.1 Å². The maximum absolute atomic E-state index is 17.0. The number of H-pyrrole nitrogens is 2. The molecule has 3 aliphatic heterocycles. The molecule has 8 bridgehead atoms. The average Bonchev–Trinajstić information content (AvgIpc) is 4.44. The molecular formula is C55H41F16N9. The molecule has 1 fully saturated rings. The topological polar surface area (TPSA) is 73.6 Å². The zero-order valence-corrected chi connectivity index (χ0v) is 43.2. The van der Waals surface area contributed by atoms with Crippen LogP contribution in [0.4, 0.5) is 93.0 Å². The number of rotatable bonds is 8. The number of hydrogen-bond donors (Lipinski definition) is 2. The highest BCUT2D eigenvalue weighted by Crippen LogP contribution is 2.53. The first-order valence-electron chi connectivity index (χ1n) is 23.9. The van der Waals surface area contributed by atoms with Gasteiger partial charge in [0.15, 0.2) is 93.1 Å². The lowest BCUT2D eigenvalue weighted by molar-refractivity contribution is 0.404. The van der Waals surface area contributed by atoms with Crippen LogP contribution in [-0.4, -0.2) is 101 Å². The standard InChI is InChI=1S/C55H41F16N9/c1-76(2)52-42(64)34(56)30(35(57)43(52)65)26-20-10-11-21(72-20)27(31-36(58)44(66)53(77(3)4)45(67)37(31)59)23-13-15-25(74-23)29(33-40(62)48(70)55(79(7)8)49(71)41(33)63)51-19-17-80(9)16-18(19)50(75-51)28(24-14-12-22(26)73-24)32-38(60)46(68)54(78(5)6)47(69)39(32)61/h10-15,18-19,73-74H,16-17H2,1-9H3. The molecule has 7 aromatic rings. The number of halogens is 16. The normalized spacial score (nSPS) is 15.1. The summed E-state index contributed by atoms with van der Waals surface area (Å²) in [6.07, 6.45) is 1.74. The summed E-state index contributed by atoms with van der Waals surface area (Å²) in [5, 5.41) is 0. The van der Waals surface area contributed by atoms with Crippen molar-refractivity contribution in [2.24, 2.45) is 0 Å². The third-order valence-corrected chi connectivity index (χ3v) is 14.3. The van der Waals surface area contributed by atoms with Crippen LogP contribution in [0.2, 0.25) is 0 Å². The first-order chi connectivity index (χ1) is 37.6. The quantitative estimate of drug-likeness (QED) is 0.116. The van der Waals surface area contributed by atoms with Crippen molar-refractivity contribution < 1.29 is 70.2 Å². The predicted molar refractivity (Wildman–Crippen MR) is 271 cm³/mol. The number of benzene rings is 4. The summed E-state index contributed by atoms with van der Waals surface area (Å²) in [6, 6.07) is 3.73. The van der Waals surface area contributed by atoms with Crippen LogP contribution in [0.15, 0.2) is 24.3 Å². The molecule has 3 aliphatic rings. The predicted octanol–water partition coefficient (Wildman–Crippen LogP) is 13.5. The number of nitrogens with zero attached hydrogens (tertiary/aromatic N) is 7. The molecule has 3 aromatic heterocycles. The Morgan fingerprint density at radius 3 is 0.800 bits per heavy atom. The third-order valence-electron chi connectivity index (χ3n) is 14.3. The molecular weight excluding hydrogens is 1090 g/mol. The van der Waals surface area contributed by atoms with Crippen LogP contribution >= 0.6 is 0 Å². The van der Waals surface area contributed by atoms with Gasteiger partial charge in [0, 0.05) is 126 Å². The summed E-state index contributed by atoms with van der Waals surface area (Å²) in [4.78, 5) is 18.7. The van der Waals surface area contributed by atoms with E-state index in [0.717, 1.165) is 103 Å². The van der Waals surface area contributed by atoms with Crippen LogP contribution in [0.1, 0.15) is 34.6 Å². The van der Waals surface area contributed by atoms with E-state index in [-0.39, 0.29) is 13.1 Å². The van der Waals surface area contributed by atoms with Crippen LogP contribution in [0.5, 0.6) is 0 Å². The maximum atomic E-state index is 17.0. The van der Waals surface area contributed by atoms with Crippen LogP contribution in [-0.2, 0) is 0 Å². The van der Waals surface area contributed by atoms with E-state index in [1.165, 1.54) is 7.05 Å². The highest BCUT2D eigenvalue weighted by atomic mass is 19.2. The number of likely N-dealkylation sites (tertiary alicyclic amines) is 1. The minimum Gasteiger partial charge on any atom is -0.373 e. The lowest BCUT2D eigenvalue weighted by Crippen LogP contribution is -2.17. The number of fused-ring (bicyclic) bond motifs is 11. The van der Waals surface area contributed by atoms with Crippen molar-refractivity contribution in [1.29, 1.82) is 0 Å². The van der Waals surface area contributed by atoms with Gasteiger partial charge >= 0.3 is 0 Å². The smallest absolute Gasteiger partial charge is 0.185 e. The van der Waals surface area contributed by atoms with Crippen LogP contribution < -0.4 is 19.6 Å². The second-order valence-electron chi connectivity index (χ2n) is 20.1. The lowest BCUT2D eigenvalue weighted by Gasteiger charge is -2.19. The zero-order chi connectivity index (χ0) is 58.3. The molecule has 25 heteroatoms. The number of likely N-dealkylation sites (N-methyl/N-ethyl adjacent to an activating group) is 1. The van der Waals surface area contributed by atoms with Gasteiger partial charge in [0.2, 0.25) is 0 Å². The van der Waals surface area contributed by atoms with Gasteiger partial charge in [-0.1, -0.05) is 0 Å². The van der Waals surface area contributed by atoms with E-state index < -0.39 is 217 Å². The fraction of sp³-hybridized carbons (Fsp3) is 0.236. The second-order valence-corrected chi connectivity index (χ2v) is 20.1. The molecule has 10 rings (SSSR count). The van der Waals surface area contributed by atoms with Crippen molar-refractivity contribution in [2.75, 3.05) is 96.1 Å². The fourth-order valence-electron chi connectivity index (χ4n) is 10.9. The molecule has 0 aliphatic carbocycles. The Kier molecular flexibility index (Phi) is 13.5. The van der Waals surface area contributed by atoms with Crippen LogP contribution in [0.3, 0.4) is 0 Å². The van der Waals surface area contributed by atoms with Crippen molar-refractivity contribution in [3.63, 3.8) is 0 Å². The summed E-state index contributed by atoms with van der Waals surface area (Å²) in [5.74, 6) is -34.7. The molecule has 9 nitrogen and oxygen atoms in total. The molecule has 1 saturated heterocycles. The summed E-state index contributed by atoms with van der Waals surface area (Å²) in [6.45, 7) is -0.406. The molecule has 2 N–H and O–H groups in total. The second kappa shape index (κ2) is 19.5. The van der Waals surface area contributed by atoms with Gasteiger partial charge in [-0.2, -0.15) is 0 Å². The van der Waals surface area contributed by atoms with E-state index in [1.54, 1.807) is 4.90 Å². The van der Waals surface area contributed by atoms with Crippen molar-refractivity contribution in [3.8, 4) is 44.5 Å². The third kappa shape index (κ3) is 8.03. The van der Waals surface area contributed by atoms with Gasteiger partial charge in [-0.15, -0.1) is 0 Å². The average molecular weight is 1130 g/mol. The van der Waals surface area contributed by atoms with E-state index in [0.29, 0.717) is 9.80 Å². The number of aromatic amines is 2. The molecule has 4 aromatic carbocycles. The number of hydrogen-bond acceptors (Lipinski definition) is 7. The summed E-state index contributed by atoms with van der Waals surface area (Å²) >= 11 is 0. The Bertz CT molecular complexity index is 3680. The van der Waals surface area contributed by atoms with Crippen LogP contribution in [0.25, 0.3) is 78.7 Å². The maximum Gasteiger partial charge on any atom is 0.185 e. The van der Waals surface area contributed by atoms with Gasteiger partial charge in [0.1, 0.15) is 22.7 Å². The van der Waals surface area contributed by atoms with Crippen molar-refractivity contribution in [3.05, 3.63) is 140 Å².